The summed E-state index contributed by atoms with van der Waals surface area (Å²) in [5.41, 5.74) is 1.87. The summed E-state index contributed by atoms with van der Waals surface area (Å²) in [7, 11) is 0. The van der Waals surface area contributed by atoms with Crippen LogP contribution in [0.25, 0.3) is 16.4 Å². The van der Waals surface area contributed by atoms with E-state index in [0.29, 0.717) is 17.2 Å². The van der Waals surface area contributed by atoms with Crippen LogP contribution in [0.3, 0.4) is 0 Å². The molecule has 4 nitrogen and oxygen atoms in total. The minimum Gasteiger partial charge on any atom is -0.266 e. The van der Waals surface area contributed by atoms with Crippen molar-refractivity contribution >= 4 is 28.0 Å². The molecular weight excluding hydrogens is 284 g/mol. The molecule has 0 aliphatic carbocycles. The highest BCUT2D eigenvalue weighted by Crippen LogP contribution is 2.22. The summed E-state index contributed by atoms with van der Waals surface area (Å²) in [6, 6.07) is 14.6. The largest absolute Gasteiger partial charge is 0.266 e. The Balaban J connectivity index is 1.87. The fourth-order valence-corrected chi connectivity index (χ4v) is 2.84. The number of fused-ring (bicyclic) bond motifs is 2. The molecule has 0 saturated carbocycles. The van der Waals surface area contributed by atoms with E-state index in [-0.39, 0.29) is 0 Å². The highest BCUT2D eigenvalue weighted by Gasteiger charge is 2.11. The molecule has 0 atom stereocenters. The molecule has 2 heterocycles. The molecule has 0 saturated heterocycles. The Morgan fingerprint density at radius 2 is 1.81 bits per heavy atom. The Bertz CT molecular complexity index is 940. The molecule has 0 radical (unpaired) electrons. The Labute approximate surface area is 126 Å². The van der Waals surface area contributed by atoms with Gasteiger partial charge in [-0.25, -0.2) is 0 Å². The van der Waals surface area contributed by atoms with Crippen LogP contribution >= 0.6 is 11.6 Å². The summed E-state index contributed by atoms with van der Waals surface area (Å²) < 4.78 is 1.83. The van der Waals surface area contributed by atoms with E-state index in [1.807, 2.05) is 16.5 Å². The van der Waals surface area contributed by atoms with Crippen LogP contribution in [0.15, 0.2) is 54.9 Å². The summed E-state index contributed by atoms with van der Waals surface area (Å²) in [5, 5.41) is 11.3. The maximum Gasteiger partial charge on any atom is 0.180 e. The molecule has 5 heteroatoms. The van der Waals surface area contributed by atoms with E-state index < -0.39 is 0 Å². The Kier molecular flexibility index (Phi) is 2.82. The lowest BCUT2D eigenvalue weighted by Crippen LogP contribution is -1.98. The van der Waals surface area contributed by atoms with Gasteiger partial charge in [-0.05, 0) is 16.3 Å². The molecule has 0 unspecified atom stereocenters. The van der Waals surface area contributed by atoms with Gasteiger partial charge in [-0.15, -0.1) is 10.2 Å². The topological polar surface area (TPSA) is 43.1 Å². The number of rotatable bonds is 2. The van der Waals surface area contributed by atoms with Crippen LogP contribution in [0.1, 0.15) is 11.4 Å². The number of hydrogen-bond acceptors (Lipinski definition) is 3. The molecule has 0 amide bonds. The summed E-state index contributed by atoms with van der Waals surface area (Å²) in [5.74, 6) is 0.814. The van der Waals surface area contributed by atoms with Crippen molar-refractivity contribution in [2.45, 2.75) is 6.42 Å². The van der Waals surface area contributed by atoms with Gasteiger partial charge in [0.15, 0.2) is 5.65 Å². The molecule has 0 spiro atoms. The van der Waals surface area contributed by atoms with Gasteiger partial charge >= 0.3 is 0 Å². The van der Waals surface area contributed by atoms with Crippen LogP contribution in [0.2, 0.25) is 5.15 Å². The Morgan fingerprint density at radius 3 is 2.76 bits per heavy atom. The smallest absolute Gasteiger partial charge is 0.180 e. The van der Waals surface area contributed by atoms with Crippen molar-refractivity contribution in [1.29, 1.82) is 0 Å². The number of hydrogen-bond donors (Lipinski definition) is 0. The van der Waals surface area contributed by atoms with Crippen LogP contribution in [0.5, 0.6) is 0 Å². The number of halogens is 1. The quantitative estimate of drug-likeness (QED) is 0.568. The van der Waals surface area contributed by atoms with Gasteiger partial charge in [0, 0.05) is 6.42 Å². The van der Waals surface area contributed by atoms with Gasteiger partial charge in [-0.3, -0.25) is 9.38 Å². The second-order valence-corrected chi connectivity index (χ2v) is 5.24. The standard InChI is InChI=1S/C16H11ClN4/c17-14-9-18-10-16-20-19-15(21(14)16)8-12-6-3-5-11-4-1-2-7-13(11)12/h1-7,9-10H,8H2. The van der Waals surface area contributed by atoms with Gasteiger partial charge in [-0.2, -0.15) is 0 Å². The summed E-state index contributed by atoms with van der Waals surface area (Å²) >= 11 is 6.21. The average Bonchev–Trinajstić information content (AvgIpc) is 2.92. The lowest BCUT2D eigenvalue weighted by molar-refractivity contribution is 0.936. The van der Waals surface area contributed by atoms with E-state index in [1.165, 1.54) is 16.3 Å². The average molecular weight is 295 g/mol. The summed E-state index contributed by atoms with van der Waals surface area (Å²) in [6.45, 7) is 0. The molecule has 102 valence electrons. The first-order valence-electron chi connectivity index (χ1n) is 6.63. The van der Waals surface area contributed by atoms with Crippen molar-refractivity contribution in [2.24, 2.45) is 0 Å². The molecule has 21 heavy (non-hydrogen) atoms. The maximum absolute atomic E-state index is 6.21. The minimum absolute atomic E-state index is 0.521. The molecule has 4 aromatic rings. The second kappa shape index (κ2) is 4.82. The second-order valence-electron chi connectivity index (χ2n) is 4.85. The number of aromatic nitrogens is 4. The first kappa shape index (κ1) is 12.3. The third kappa shape index (κ3) is 2.04. The van der Waals surface area contributed by atoms with Gasteiger partial charge in [0.25, 0.3) is 0 Å². The fourth-order valence-electron chi connectivity index (χ4n) is 2.60. The lowest BCUT2D eigenvalue weighted by Gasteiger charge is -2.06. The van der Waals surface area contributed by atoms with Crippen molar-refractivity contribution < 1.29 is 0 Å². The molecule has 4 rings (SSSR count). The highest BCUT2D eigenvalue weighted by molar-refractivity contribution is 6.29. The van der Waals surface area contributed by atoms with Crippen LogP contribution < -0.4 is 0 Å². The first-order valence-corrected chi connectivity index (χ1v) is 7.01. The van der Waals surface area contributed by atoms with Gasteiger partial charge in [0.2, 0.25) is 0 Å². The number of benzene rings is 2. The zero-order valence-electron chi connectivity index (χ0n) is 11.1. The molecule has 0 aliphatic heterocycles. The fraction of sp³-hybridized carbons (Fsp3) is 0.0625. The predicted octanol–water partition coefficient (Wildman–Crippen LogP) is 3.52. The van der Waals surface area contributed by atoms with Gasteiger partial charge in [0.05, 0.1) is 12.4 Å². The summed E-state index contributed by atoms with van der Waals surface area (Å²) in [6.07, 6.45) is 3.93. The van der Waals surface area contributed by atoms with E-state index >= 15 is 0 Å². The van der Waals surface area contributed by atoms with E-state index in [9.17, 15) is 0 Å². The molecule has 0 bridgehead atoms. The number of nitrogens with zero attached hydrogens (tertiary/aromatic N) is 4. The third-order valence-corrected chi connectivity index (χ3v) is 3.83. The Morgan fingerprint density at radius 1 is 0.952 bits per heavy atom. The van der Waals surface area contributed by atoms with Crippen LogP contribution in [-0.2, 0) is 6.42 Å². The first-order chi connectivity index (χ1) is 10.3. The van der Waals surface area contributed by atoms with Gasteiger partial charge in [0.1, 0.15) is 11.0 Å². The molecule has 0 fully saturated rings. The highest BCUT2D eigenvalue weighted by atomic mass is 35.5. The van der Waals surface area contributed by atoms with Crippen molar-refractivity contribution in [3.8, 4) is 0 Å². The van der Waals surface area contributed by atoms with Crippen LogP contribution in [0.4, 0.5) is 0 Å². The molecule has 0 N–H and O–H groups in total. The van der Waals surface area contributed by atoms with E-state index in [2.05, 4.69) is 45.5 Å². The monoisotopic (exact) mass is 294 g/mol. The molecular formula is C16H11ClN4. The van der Waals surface area contributed by atoms with Gasteiger partial charge < -0.3 is 0 Å². The molecule has 0 aliphatic rings. The molecule has 2 aromatic heterocycles. The molecule has 2 aromatic carbocycles. The van der Waals surface area contributed by atoms with E-state index in [0.717, 1.165) is 5.82 Å². The van der Waals surface area contributed by atoms with Crippen LogP contribution in [-0.4, -0.2) is 19.6 Å². The minimum atomic E-state index is 0.521. The SMILES string of the molecule is Clc1cncc2nnc(Cc3cccc4ccccc34)n12. The van der Waals surface area contributed by atoms with Crippen molar-refractivity contribution in [3.63, 3.8) is 0 Å². The van der Waals surface area contributed by atoms with Crippen molar-refractivity contribution in [1.82, 2.24) is 19.6 Å². The van der Waals surface area contributed by atoms with Crippen molar-refractivity contribution in [2.75, 3.05) is 0 Å². The Hall–Kier alpha value is -2.46. The predicted molar refractivity (Wildman–Crippen MR) is 82.5 cm³/mol. The lowest BCUT2D eigenvalue weighted by atomic mass is 10.0. The van der Waals surface area contributed by atoms with E-state index in [4.69, 9.17) is 11.6 Å². The zero-order valence-corrected chi connectivity index (χ0v) is 11.8. The van der Waals surface area contributed by atoms with Crippen LogP contribution in [0, 0.1) is 0 Å². The van der Waals surface area contributed by atoms with Crippen molar-refractivity contribution in [3.05, 3.63) is 71.4 Å². The zero-order chi connectivity index (χ0) is 14.2. The van der Waals surface area contributed by atoms with Gasteiger partial charge in [-0.1, -0.05) is 54.1 Å². The summed E-state index contributed by atoms with van der Waals surface area (Å²) in [4.78, 5) is 4.03. The normalized spacial score (nSPS) is 11.3. The third-order valence-electron chi connectivity index (χ3n) is 3.57. The van der Waals surface area contributed by atoms with E-state index in [1.54, 1.807) is 12.4 Å². The maximum atomic E-state index is 6.21.